The number of nitrogens with zero attached hydrogens (tertiary/aromatic N) is 2. The monoisotopic (exact) mass is 259 g/mol. The largest absolute Gasteiger partial charge is 0.471 e. The third-order valence-corrected chi connectivity index (χ3v) is 3.05. The van der Waals surface area contributed by atoms with Crippen molar-refractivity contribution in [2.45, 2.75) is 39.8 Å². The molecule has 2 aromatic rings. The molecule has 0 aliphatic rings. The molecule has 2 N–H and O–H groups in total. The van der Waals surface area contributed by atoms with Gasteiger partial charge < -0.3 is 10.5 Å². The second kappa shape index (κ2) is 4.96. The van der Waals surface area contributed by atoms with Crippen LogP contribution in [0.5, 0.6) is 5.75 Å². The third-order valence-electron chi connectivity index (χ3n) is 3.05. The summed E-state index contributed by atoms with van der Waals surface area (Å²) in [6, 6.07) is 8.05. The Labute approximate surface area is 114 Å². The number of aromatic nitrogens is 2. The Bertz CT molecular complexity index is 567. The Hall–Kier alpha value is -1.97. The first-order chi connectivity index (χ1) is 8.86. The summed E-state index contributed by atoms with van der Waals surface area (Å²) in [6.45, 7) is 9.04. The minimum atomic E-state index is 0.153. The maximum atomic E-state index is 5.75. The Morgan fingerprint density at radius 2 is 2.00 bits per heavy atom. The van der Waals surface area contributed by atoms with E-state index in [0.29, 0.717) is 12.5 Å². The molecule has 0 saturated heterocycles. The average molecular weight is 259 g/mol. The Morgan fingerprint density at radius 1 is 1.26 bits per heavy atom. The van der Waals surface area contributed by atoms with Crippen LogP contribution in [0.4, 0.5) is 5.82 Å². The van der Waals surface area contributed by atoms with Gasteiger partial charge in [0.1, 0.15) is 11.6 Å². The summed E-state index contributed by atoms with van der Waals surface area (Å²) in [5, 5.41) is 4.08. The summed E-state index contributed by atoms with van der Waals surface area (Å²) in [5.74, 6) is 1.38. The number of hydrogen-bond acceptors (Lipinski definition) is 3. The van der Waals surface area contributed by atoms with Gasteiger partial charge in [0.05, 0.1) is 0 Å². The van der Waals surface area contributed by atoms with Gasteiger partial charge in [0.2, 0.25) is 0 Å². The van der Waals surface area contributed by atoms with E-state index in [2.05, 4.69) is 44.9 Å². The third kappa shape index (κ3) is 3.28. The van der Waals surface area contributed by atoms with E-state index in [9.17, 15) is 0 Å². The fraction of sp³-hybridized carbons (Fsp3) is 0.400. The summed E-state index contributed by atoms with van der Waals surface area (Å²) in [6.07, 6.45) is 1.80. The zero-order chi connectivity index (χ0) is 14.0. The standard InChI is InChI=1S/C15H21N3O/c1-11-9-12(15(2,3)4)5-6-13(11)19-10-18-8-7-14(16)17-18/h5-9H,10H2,1-4H3,(H2,16,17). The molecule has 19 heavy (non-hydrogen) atoms. The number of aryl methyl sites for hydroxylation is 1. The molecular weight excluding hydrogens is 238 g/mol. The van der Waals surface area contributed by atoms with Gasteiger partial charge in [0.15, 0.2) is 6.73 Å². The fourth-order valence-corrected chi connectivity index (χ4v) is 1.86. The van der Waals surface area contributed by atoms with Gasteiger partial charge >= 0.3 is 0 Å². The molecule has 0 aliphatic carbocycles. The normalized spacial score (nSPS) is 11.6. The SMILES string of the molecule is Cc1cc(C(C)(C)C)ccc1OCn1ccc(N)n1. The van der Waals surface area contributed by atoms with Crippen LogP contribution in [-0.4, -0.2) is 9.78 Å². The highest BCUT2D eigenvalue weighted by molar-refractivity contribution is 5.38. The first-order valence-corrected chi connectivity index (χ1v) is 6.39. The number of benzene rings is 1. The predicted molar refractivity (Wildman–Crippen MR) is 77.1 cm³/mol. The summed E-state index contributed by atoms with van der Waals surface area (Å²) in [5.41, 5.74) is 8.15. The molecule has 2 rings (SSSR count). The molecule has 4 nitrogen and oxygen atoms in total. The average Bonchev–Trinajstić information content (AvgIpc) is 2.72. The molecule has 0 saturated carbocycles. The molecule has 0 bridgehead atoms. The van der Waals surface area contributed by atoms with E-state index in [-0.39, 0.29) is 5.41 Å². The Morgan fingerprint density at radius 3 is 2.53 bits per heavy atom. The van der Waals surface area contributed by atoms with E-state index < -0.39 is 0 Å². The molecule has 1 aromatic heterocycles. The van der Waals surface area contributed by atoms with Crippen LogP contribution in [0.1, 0.15) is 31.9 Å². The second-order valence-electron chi connectivity index (χ2n) is 5.78. The lowest BCUT2D eigenvalue weighted by molar-refractivity contribution is 0.220. The van der Waals surface area contributed by atoms with Crippen molar-refractivity contribution in [1.29, 1.82) is 0 Å². The van der Waals surface area contributed by atoms with Gasteiger partial charge in [-0.05, 0) is 29.5 Å². The van der Waals surface area contributed by atoms with Crippen molar-refractivity contribution >= 4 is 5.82 Å². The molecule has 0 unspecified atom stereocenters. The fourth-order valence-electron chi connectivity index (χ4n) is 1.86. The quantitative estimate of drug-likeness (QED) is 0.921. The van der Waals surface area contributed by atoms with Crippen molar-refractivity contribution in [3.8, 4) is 5.75 Å². The van der Waals surface area contributed by atoms with Crippen LogP contribution in [-0.2, 0) is 12.1 Å². The van der Waals surface area contributed by atoms with Crippen molar-refractivity contribution in [3.63, 3.8) is 0 Å². The molecule has 0 spiro atoms. The summed E-state index contributed by atoms with van der Waals surface area (Å²) < 4.78 is 7.42. The minimum absolute atomic E-state index is 0.153. The summed E-state index contributed by atoms with van der Waals surface area (Å²) in [4.78, 5) is 0. The number of nitrogen functional groups attached to an aromatic ring is 1. The number of hydrogen-bond donors (Lipinski definition) is 1. The number of nitrogens with two attached hydrogens (primary N) is 1. The number of ether oxygens (including phenoxy) is 1. The van der Waals surface area contributed by atoms with Crippen molar-refractivity contribution in [2.75, 3.05) is 5.73 Å². The maximum absolute atomic E-state index is 5.75. The molecule has 0 amide bonds. The van der Waals surface area contributed by atoms with Gasteiger partial charge in [-0.2, -0.15) is 5.10 Å². The first-order valence-electron chi connectivity index (χ1n) is 6.39. The van der Waals surface area contributed by atoms with Gasteiger partial charge in [-0.25, -0.2) is 4.68 Å². The zero-order valence-corrected chi connectivity index (χ0v) is 12.0. The Kier molecular flexibility index (Phi) is 3.51. The predicted octanol–water partition coefficient (Wildman–Crippen LogP) is 3.11. The molecular formula is C15H21N3O. The van der Waals surface area contributed by atoms with Crippen LogP contribution in [0.3, 0.4) is 0 Å². The van der Waals surface area contributed by atoms with Crippen LogP contribution >= 0.6 is 0 Å². The molecule has 0 aliphatic heterocycles. The van der Waals surface area contributed by atoms with E-state index in [1.54, 1.807) is 16.9 Å². The van der Waals surface area contributed by atoms with Crippen molar-refractivity contribution in [1.82, 2.24) is 9.78 Å². The second-order valence-corrected chi connectivity index (χ2v) is 5.78. The van der Waals surface area contributed by atoms with E-state index >= 15 is 0 Å². The van der Waals surface area contributed by atoms with Gasteiger partial charge in [-0.3, -0.25) is 0 Å². The van der Waals surface area contributed by atoms with Gasteiger partial charge in [0.25, 0.3) is 0 Å². The minimum Gasteiger partial charge on any atom is -0.471 e. The topological polar surface area (TPSA) is 53.1 Å². The van der Waals surface area contributed by atoms with Gasteiger partial charge in [-0.15, -0.1) is 0 Å². The van der Waals surface area contributed by atoms with Crippen LogP contribution in [0, 0.1) is 6.92 Å². The summed E-state index contributed by atoms with van der Waals surface area (Å²) >= 11 is 0. The molecule has 0 radical (unpaired) electrons. The Balaban J connectivity index is 2.09. The van der Waals surface area contributed by atoms with Gasteiger partial charge in [0, 0.05) is 12.3 Å². The van der Waals surface area contributed by atoms with Gasteiger partial charge in [-0.1, -0.05) is 32.9 Å². The number of rotatable bonds is 3. The molecule has 1 heterocycles. The van der Waals surface area contributed by atoms with E-state index in [1.165, 1.54) is 5.56 Å². The van der Waals surface area contributed by atoms with Crippen molar-refractivity contribution in [3.05, 3.63) is 41.6 Å². The summed E-state index contributed by atoms with van der Waals surface area (Å²) in [7, 11) is 0. The lowest BCUT2D eigenvalue weighted by Crippen LogP contribution is -2.12. The maximum Gasteiger partial charge on any atom is 0.180 e. The van der Waals surface area contributed by atoms with Crippen molar-refractivity contribution < 1.29 is 4.74 Å². The van der Waals surface area contributed by atoms with Crippen LogP contribution < -0.4 is 10.5 Å². The van der Waals surface area contributed by atoms with Crippen LogP contribution in [0.15, 0.2) is 30.5 Å². The van der Waals surface area contributed by atoms with E-state index in [1.807, 2.05) is 6.07 Å². The molecule has 102 valence electrons. The molecule has 4 heteroatoms. The highest BCUT2D eigenvalue weighted by Crippen LogP contribution is 2.27. The first kappa shape index (κ1) is 13.5. The molecule has 0 atom stereocenters. The van der Waals surface area contributed by atoms with Crippen LogP contribution in [0.2, 0.25) is 0 Å². The lowest BCUT2D eigenvalue weighted by atomic mass is 9.86. The van der Waals surface area contributed by atoms with E-state index in [4.69, 9.17) is 10.5 Å². The highest BCUT2D eigenvalue weighted by atomic mass is 16.5. The molecule has 1 aromatic carbocycles. The van der Waals surface area contributed by atoms with Crippen LogP contribution in [0.25, 0.3) is 0 Å². The zero-order valence-electron chi connectivity index (χ0n) is 12.0. The number of anilines is 1. The smallest absolute Gasteiger partial charge is 0.180 e. The van der Waals surface area contributed by atoms with Crippen molar-refractivity contribution in [2.24, 2.45) is 0 Å². The highest BCUT2D eigenvalue weighted by Gasteiger charge is 2.14. The molecule has 0 fully saturated rings. The van der Waals surface area contributed by atoms with E-state index in [0.717, 1.165) is 11.3 Å². The lowest BCUT2D eigenvalue weighted by Gasteiger charge is -2.20.